The van der Waals surface area contributed by atoms with E-state index in [1.807, 2.05) is 13.8 Å². The second-order valence-electron chi connectivity index (χ2n) is 8.75. The highest BCUT2D eigenvalue weighted by Gasteiger charge is 2.54. The van der Waals surface area contributed by atoms with Gasteiger partial charge in [-0.15, -0.1) is 5.10 Å². The van der Waals surface area contributed by atoms with Gasteiger partial charge in [0.05, 0.1) is 30.7 Å². The highest BCUT2D eigenvalue weighted by molar-refractivity contribution is 5.67. The quantitative estimate of drug-likeness (QED) is 0.559. The van der Waals surface area contributed by atoms with Gasteiger partial charge in [0.25, 0.3) is 5.92 Å². The van der Waals surface area contributed by atoms with E-state index < -0.39 is 30.0 Å². The van der Waals surface area contributed by atoms with E-state index in [2.05, 4.69) is 20.2 Å². The van der Waals surface area contributed by atoms with E-state index in [1.165, 1.54) is 13.3 Å². The topological polar surface area (TPSA) is 95.2 Å². The maximum absolute atomic E-state index is 14.5. The minimum Gasteiger partial charge on any atom is -0.507 e. The Kier molecular flexibility index (Phi) is 6.29. The lowest BCUT2D eigenvalue weighted by Crippen LogP contribution is -2.55. The Balaban J connectivity index is 1.53. The normalized spacial score (nSPS) is 24.5. The van der Waals surface area contributed by atoms with Crippen molar-refractivity contribution in [3.8, 4) is 28.7 Å². The first-order chi connectivity index (χ1) is 15.7. The predicted molar refractivity (Wildman–Crippen MR) is 116 cm³/mol. The summed E-state index contributed by atoms with van der Waals surface area (Å²) in [6.45, 7) is 3.77. The molecule has 8 nitrogen and oxygen atoms in total. The largest absolute Gasteiger partial charge is 0.507 e. The van der Waals surface area contributed by atoms with E-state index in [4.69, 9.17) is 9.47 Å². The molecule has 0 bridgehead atoms. The van der Waals surface area contributed by atoms with Gasteiger partial charge in [0.1, 0.15) is 17.5 Å². The number of phenols is 1. The van der Waals surface area contributed by atoms with Crippen LogP contribution in [0.2, 0.25) is 0 Å². The predicted octanol–water partition coefficient (Wildman–Crippen LogP) is 4.43. The number of hydrogen-bond donors (Lipinski definition) is 1. The van der Waals surface area contributed by atoms with Crippen LogP contribution < -0.4 is 4.74 Å². The van der Waals surface area contributed by atoms with E-state index >= 15 is 0 Å². The van der Waals surface area contributed by atoms with Gasteiger partial charge in [0.2, 0.25) is 0 Å². The van der Waals surface area contributed by atoms with Crippen LogP contribution in [0.3, 0.4) is 0 Å². The fourth-order valence-corrected chi connectivity index (χ4v) is 4.84. The number of halogens is 2. The van der Waals surface area contributed by atoms with Crippen LogP contribution in [0.25, 0.3) is 16.9 Å². The van der Waals surface area contributed by atoms with Crippen LogP contribution in [-0.4, -0.2) is 55.1 Å². The summed E-state index contributed by atoms with van der Waals surface area (Å²) in [5.41, 5.74) is 0.755. The van der Waals surface area contributed by atoms with Crippen molar-refractivity contribution in [1.82, 2.24) is 24.7 Å². The summed E-state index contributed by atoms with van der Waals surface area (Å²) in [7, 11) is 1.51. The molecule has 0 saturated heterocycles. The number of alkyl halides is 2. The minimum atomic E-state index is -2.88. The van der Waals surface area contributed by atoms with Crippen molar-refractivity contribution in [2.45, 2.75) is 57.7 Å². The Bertz CT molecular complexity index is 1080. The number of phenolic OH excluding ortho intramolecular Hbond substituents is 1. The van der Waals surface area contributed by atoms with Crippen LogP contribution in [0.15, 0.2) is 43.1 Å². The van der Waals surface area contributed by atoms with Crippen LogP contribution in [0.4, 0.5) is 8.78 Å². The minimum absolute atomic E-state index is 0.00679. The number of imidazole rings is 1. The first-order valence-electron chi connectivity index (χ1n) is 10.8. The van der Waals surface area contributed by atoms with E-state index in [9.17, 15) is 13.9 Å². The molecule has 3 atom stereocenters. The van der Waals surface area contributed by atoms with Crippen molar-refractivity contribution in [1.29, 1.82) is 0 Å². The zero-order valence-electron chi connectivity index (χ0n) is 18.8. The SMILES string of the molecule is CCC[C@]1(C)CC(F)(F)C[C@H](Oc2ncc(-c3ccc(-n4ccnc4)cc3O)nn2)[C@H]1OC. The number of hydrogen-bond acceptors (Lipinski definition) is 7. The molecule has 0 spiro atoms. The summed E-state index contributed by atoms with van der Waals surface area (Å²) in [6, 6.07) is 4.95. The van der Waals surface area contributed by atoms with Crippen molar-refractivity contribution in [3.05, 3.63) is 43.1 Å². The number of rotatable bonds is 7. The Hall–Kier alpha value is -3.14. The first-order valence-corrected chi connectivity index (χ1v) is 10.8. The lowest BCUT2D eigenvalue weighted by atomic mass is 9.68. The Morgan fingerprint density at radius 2 is 2.09 bits per heavy atom. The molecule has 176 valence electrons. The second kappa shape index (κ2) is 9.01. The summed E-state index contributed by atoms with van der Waals surface area (Å²) in [6.07, 6.45) is 5.59. The molecule has 4 rings (SSSR count). The zero-order valence-corrected chi connectivity index (χ0v) is 18.8. The molecule has 3 aromatic rings. The molecule has 1 fully saturated rings. The molecule has 0 unspecified atom stereocenters. The van der Waals surface area contributed by atoms with E-state index in [1.54, 1.807) is 41.5 Å². The number of aromatic nitrogens is 5. The summed E-state index contributed by atoms with van der Waals surface area (Å²) >= 11 is 0. The Morgan fingerprint density at radius 3 is 2.70 bits per heavy atom. The highest BCUT2D eigenvalue weighted by Crippen LogP contribution is 2.49. The lowest BCUT2D eigenvalue weighted by molar-refractivity contribution is -0.186. The molecule has 10 heteroatoms. The van der Waals surface area contributed by atoms with Gasteiger partial charge < -0.3 is 19.1 Å². The van der Waals surface area contributed by atoms with E-state index in [0.29, 0.717) is 17.7 Å². The third-order valence-electron chi connectivity index (χ3n) is 6.12. The summed E-state index contributed by atoms with van der Waals surface area (Å²) < 4.78 is 42.2. The van der Waals surface area contributed by atoms with Gasteiger partial charge in [0.15, 0.2) is 0 Å². The monoisotopic (exact) mass is 459 g/mol. The van der Waals surface area contributed by atoms with Crippen LogP contribution in [-0.2, 0) is 4.74 Å². The van der Waals surface area contributed by atoms with E-state index in [-0.39, 0.29) is 18.2 Å². The van der Waals surface area contributed by atoms with Gasteiger partial charge in [0, 0.05) is 43.0 Å². The van der Waals surface area contributed by atoms with Gasteiger partial charge in [-0.05, 0) is 18.6 Å². The summed E-state index contributed by atoms with van der Waals surface area (Å²) in [5.74, 6) is -2.88. The summed E-state index contributed by atoms with van der Waals surface area (Å²) in [5, 5.41) is 18.5. The molecule has 2 aromatic heterocycles. The zero-order chi connectivity index (χ0) is 23.6. The molecular formula is C23H27F2N5O3. The Labute approximate surface area is 190 Å². The van der Waals surface area contributed by atoms with Crippen LogP contribution >= 0.6 is 0 Å². The molecule has 1 aliphatic rings. The van der Waals surface area contributed by atoms with Crippen molar-refractivity contribution in [2.24, 2.45) is 5.41 Å². The molecule has 0 radical (unpaired) electrons. The van der Waals surface area contributed by atoms with Crippen molar-refractivity contribution in [2.75, 3.05) is 7.11 Å². The highest BCUT2D eigenvalue weighted by atomic mass is 19.3. The summed E-state index contributed by atoms with van der Waals surface area (Å²) in [4.78, 5) is 8.14. The first kappa shape index (κ1) is 23.0. The molecule has 0 aliphatic heterocycles. The number of ether oxygens (including phenoxy) is 2. The Morgan fingerprint density at radius 1 is 1.27 bits per heavy atom. The fourth-order valence-electron chi connectivity index (χ4n) is 4.84. The van der Waals surface area contributed by atoms with Gasteiger partial charge in [-0.2, -0.15) is 0 Å². The number of aromatic hydroxyl groups is 1. The average molecular weight is 459 g/mol. The molecule has 1 N–H and O–H groups in total. The molecule has 1 saturated carbocycles. The third kappa shape index (κ3) is 4.80. The molecule has 1 aliphatic carbocycles. The third-order valence-corrected chi connectivity index (χ3v) is 6.12. The molecule has 2 heterocycles. The smallest absolute Gasteiger partial charge is 0.336 e. The van der Waals surface area contributed by atoms with Gasteiger partial charge in [-0.25, -0.2) is 18.7 Å². The lowest BCUT2D eigenvalue weighted by Gasteiger charge is -2.47. The fraction of sp³-hybridized carbons (Fsp3) is 0.478. The maximum atomic E-state index is 14.5. The van der Waals surface area contributed by atoms with E-state index in [0.717, 1.165) is 12.1 Å². The second-order valence-corrected chi connectivity index (χ2v) is 8.75. The molecule has 1 aromatic carbocycles. The van der Waals surface area contributed by atoms with Crippen molar-refractivity contribution < 1.29 is 23.4 Å². The van der Waals surface area contributed by atoms with Crippen molar-refractivity contribution in [3.63, 3.8) is 0 Å². The molecular weight excluding hydrogens is 432 g/mol. The van der Waals surface area contributed by atoms with Crippen LogP contribution in [0.1, 0.15) is 39.5 Å². The van der Waals surface area contributed by atoms with Crippen LogP contribution in [0.5, 0.6) is 11.8 Å². The maximum Gasteiger partial charge on any atom is 0.336 e. The number of nitrogens with zero attached hydrogens (tertiary/aromatic N) is 5. The van der Waals surface area contributed by atoms with Crippen LogP contribution in [0, 0.1) is 5.41 Å². The standard InChI is InChI=1S/C23H27F2N5O3/c1-4-7-22(2)13-23(24,25)11-19(20(22)32-3)33-21-27-12-17(28-29-21)16-6-5-15(10-18(16)31)30-9-8-26-14-30/h5-6,8-10,12,14,19-20,31H,4,7,11,13H2,1-3H3/t19-,20+,22+/m0/s1. The molecule has 0 amide bonds. The average Bonchev–Trinajstić information content (AvgIpc) is 3.28. The van der Waals surface area contributed by atoms with Gasteiger partial charge in [-0.1, -0.05) is 25.4 Å². The number of methoxy groups -OCH3 is 1. The van der Waals surface area contributed by atoms with Crippen molar-refractivity contribution >= 4 is 0 Å². The van der Waals surface area contributed by atoms with Gasteiger partial charge >= 0.3 is 6.01 Å². The number of benzene rings is 1. The molecule has 33 heavy (non-hydrogen) atoms. The van der Waals surface area contributed by atoms with Gasteiger partial charge in [-0.3, -0.25) is 0 Å².